The molecule has 0 aliphatic heterocycles. The minimum atomic E-state index is -0.359. The first-order chi connectivity index (χ1) is 7.77. The Kier molecular flexibility index (Phi) is 2.90. The molecule has 8 heteroatoms. The Morgan fingerprint density at radius 3 is 3.19 bits per heavy atom. The third-order valence-electron chi connectivity index (χ3n) is 2.11. The maximum atomic E-state index is 11.7. The van der Waals surface area contributed by atoms with Crippen LogP contribution >= 0.6 is 0 Å². The highest BCUT2D eigenvalue weighted by atomic mass is 16.2. The lowest BCUT2D eigenvalue weighted by molar-refractivity contribution is -0.124. The maximum absolute atomic E-state index is 11.7. The number of nitrogens with zero attached hydrogens (tertiary/aromatic N) is 5. The Labute approximate surface area is 91.0 Å². The second-order valence-corrected chi connectivity index (χ2v) is 3.21. The van der Waals surface area contributed by atoms with Crippen LogP contribution in [0, 0.1) is 0 Å². The number of amides is 1. The average molecular weight is 221 g/mol. The fraction of sp³-hybridized carbons (Fsp3) is 0.375. The number of tetrazole rings is 1. The molecule has 1 amide bonds. The van der Waals surface area contributed by atoms with Crippen LogP contribution in [-0.2, 0) is 11.3 Å². The van der Waals surface area contributed by atoms with Gasteiger partial charge in [-0.25, -0.2) is 0 Å². The van der Waals surface area contributed by atoms with Crippen molar-refractivity contribution in [2.75, 3.05) is 0 Å². The van der Waals surface area contributed by atoms with E-state index in [1.165, 1.54) is 0 Å². The molecule has 0 saturated carbocycles. The fourth-order valence-corrected chi connectivity index (χ4v) is 1.20. The molecule has 0 fully saturated rings. The van der Waals surface area contributed by atoms with E-state index in [0.717, 1.165) is 0 Å². The number of carbonyl (C=O) groups excluding carboxylic acids is 1. The molecular formula is C8H11N7O. The lowest BCUT2D eigenvalue weighted by Crippen LogP contribution is -2.31. The molecule has 8 nitrogen and oxygen atoms in total. The molecule has 0 radical (unpaired) electrons. The smallest absolute Gasteiger partial charge is 0.244 e. The molecule has 0 aliphatic rings. The van der Waals surface area contributed by atoms with Crippen molar-refractivity contribution in [3.63, 3.8) is 0 Å². The maximum Gasteiger partial charge on any atom is 0.244 e. The predicted molar refractivity (Wildman–Crippen MR) is 53.0 cm³/mol. The van der Waals surface area contributed by atoms with Gasteiger partial charge in [0.15, 0.2) is 5.82 Å². The molecule has 0 saturated heterocycles. The lowest BCUT2D eigenvalue weighted by atomic mass is 10.3. The van der Waals surface area contributed by atoms with Gasteiger partial charge in [-0.1, -0.05) is 5.21 Å². The number of nitrogens with one attached hydrogen (secondary N) is 2. The molecule has 2 heterocycles. The minimum Gasteiger partial charge on any atom is -0.347 e. The van der Waals surface area contributed by atoms with Crippen LogP contribution < -0.4 is 5.32 Å². The standard InChI is InChI=1S/C8H11N7O/c1-6(15-4-2-3-10-15)8(16)9-5-7-11-13-14-12-7/h2-4,6H,5H2,1H3,(H,9,16)(H,11,12,13,14). The summed E-state index contributed by atoms with van der Waals surface area (Å²) in [7, 11) is 0. The zero-order valence-corrected chi connectivity index (χ0v) is 8.66. The van der Waals surface area contributed by atoms with E-state index in [1.807, 2.05) is 0 Å². The Hall–Kier alpha value is -2.25. The van der Waals surface area contributed by atoms with Crippen molar-refractivity contribution in [3.8, 4) is 0 Å². The molecule has 0 spiro atoms. The van der Waals surface area contributed by atoms with E-state index in [1.54, 1.807) is 30.1 Å². The van der Waals surface area contributed by atoms with Crippen molar-refractivity contribution in [2.45, 2.75) is 19.5 Å². The molecule has 84 valence electrons. The molecule has 1 unspecified atom stereocenters. The molecule has 16 heavy (non-hydrogen) atoms. The van der Waals surface area contributed by atoms with Crippen molar-refractivity contribution in [1.29, 1.82) is 0 Å². The second kappa shape index (κ2) is 4.51. The highest BCUT2D eigenvalue weighted by molar-refractivity contribution is 5.79. The summed E-state index contributed by atoms with van der Waals surface area (Å²) in [5, 5.41) is 19.8. The van der Waals surface area contributed by atoms with Crippen LogP contribution in [0.15, 0.2) is 18.5 Å². The van der Waals surface area contributed by atoms with Gasteiger partial charge in [-0.3, -0.25) is 9.48 Å². The van der Waals surface area contributed by atoms with Crippen LogP contribution in [0.3, 0.4) is 0 Å². The van der Waals surface area contributed by atoms with E-state index >= 15 is 0 Å². The Bertz CT molecular complexity index is 435. The van der Waals surface area contributed by atoms with Crippen LogP contribution in [0.4, 0.5) is 0 Å². The van der Waals surface area contributed by atoms with E-state index in [2.05, 4.69) is 31.0 Å². The molecule has 2 aromatic heterocycles. The Morgan fingerprint density at radius 1 is 1.69 bits per heavy atom. The van der Waals surface area contributed by atoms with Gasteiger partial charge in [0.1, 0.15) is 6.04 Å². The van der Waals surface area contributed by atoms with Gasteiger partial charge < -0.3 is 5.32 Å². The van der Waals surface area contributed by atoms with Gasteiger partial charge in [-0.15, -0.1) is 10.2 Å². The number of hydrogen-bond donors (Lipinski definition) is 2. The fourth-order valence-electron chi connectivity index (χ4n) is 1.20. The number of carbonyl (C=O) groups is 1. The molecule has 0 bridgehead atoms. The van der Waals surface area contributed by atoms with E-state index < -0.39 is 0 Å². The summed E-state index contributed by atoms with van der Waals surface area (Å²) in [5.74, 6) is 0.300. The molecule has 1 atom stereocenters. The largest absolute Gasteiger partial charge is 0.347 e. The summed E-state index contributed by atoms with van der Waals surface area (Å²) in [5.41, 5.74) is 0. The van der Waals surface area contributed by atoms with Gasteiger partial charge in [-0.05, 0) is 13.0 Å². The van der Waals surface area contributed by atoms with E-state index in [9.17, 15) is 4.79 Å². The van der Waals surface area contributed by atoms with Crippen LogP contribution in [0.2, 0.25) is 0 Å². The first-order valence-electron chi connectivity index (χ1n) is 4.76. The number of aromatic nitrogens is 6. The minimum absolute atomic E-state index is 0.145. The van der Waals surface area contributed by atoms with E-state index in [0.29, 0.717) is 5.82 Å². The topological polar surface area (TPSA) is 101 Å². The van der Waals surface area contributed by atoms with Crippen molar-refractivity contribution >= 4 is 5.91 Å². The van der Waals surface area contributed by atoms with Crippen LogP contribution in [0.5, 0.6) is 0 Å². The zero-order chi connectivity index (χ0) is 11.4. The first kappa shape index (κ1) is 10.3. The molecular weight excluding hydrogens is 210 g/mol. The summed E-state index contributed by atoms with van der Waals surface area (Å²) < 4.78 is 1.57. The molecule has 0 aliphatic carbocycles. The molecule has 2 N–H and O–H groups in total. The Morgan fingerprint density at radius 2 is 2.56 bits per heavy atom. The van der Waals surface area contributed by atoms with Gasteiger partial charge >= 0.3 is 0 Å². The monoisotopic (exact) mass is 221 g/mol. The quantitative estimate of drug-likeness (QED) is 0.709. The third kappa shape index (κ3) is 2.22. The van der Waals surface area contributed by atoms with E-state index in [-0.39, 0.29) is 18.5 Å². The Balaban J connectivity index is 1.89. The average Bonchev–Trinajstić information content (AvgIpc) is 2.96. The van der Waals surface area contributed by atoms with Crippen molar-refractivity contribution in [2.24, 2.45) is 0 Å². The lowest BCUT2D eigenvalue weighted by Gasteiger charge is -2.11. The number of rotatable bonds is 4. The summed E-state index contributed by atoms with van der Waals surface area (Å²) in [6, 6.07) is 1.41. The second-order valence-electron chi connectivity index (χ2n) is 3.21. The highest BCUT2D eigenvalue weighted by Crippen LogP contribution is 2.02. The predicted octanol–water partition coefficient (Wildman–Crippen LogP) is -0.726. The van der Waals surface area contributed by atoms with Gasteiger partial charge in [0.25, 0.3) is 0 Å². The number of aromatic amines is 1. The van der Waals surface area contributed by atoms with Gasteiger partial charge in [-0.2, -0.15) is 10.3 Å². The van der Waals surface area contributed by atoms with Gasteiger partial charge in [0.05, 0.1) is 6.54 Å². The van der Waals surface area contributed by atoms with Crippen LogP contribution in [-0.4, -0.2) is 36.3 Å². The summed E-state index contributed by atoms with van der Waals surface area (Å²) in [6.45, 7) is 2.01. The van der Waals surface area contributed by atoms with Crippen molar-refractivity contribution < 1.29 is 4.79 Å². The van der Waals surface area contributed by atoms with Crippen molar-refractivity contribution in [1.82, 2.24) is 35.7 Å². The summed E-state index contributed by atoms with van der Waals surface area (Å²) in [6.07, 6.45) is 3.36. The number of hydrogen-bond acceptors (Lipinski definition) is 5. The van der Waals surface area contributed by atoms with Crippen LogP contribution in [0.1, 0.15) is 18.8 Å². The molecule has 2 rings (SSSR count). The SMILES string of the molecule is CC(C(=O)NCc1nn[nH]n1)n1cccn1. The van der Waals surface area contributed by atoms with Gasteiger partial charge in [0, 0.05) is 12.4 Å². The zero-order valence-electron chi connectivity index (χ0n) is 8.66. The third-order valence-corrected chi connectivity index (χ3v) is 2.11. The van der Waals surface area contributed by atoms with Crippen molar-refractivity contribution in [3.05, 3.63) is 24.3 Å². The summed E-state index contributed by atoms with van der Waals surface area (Å²) >= 11 is 0. The highest BCUT2D eigenvalue weighted by Gasteiger charge is 2.14. The van der Waals surface area contributed by atoms with Crippen LogP contribution in [0.25, 0.3) is 0 Å². The first-order valence-corrected chi connectivity index (χ1v) is 4.76. The van der Waals surface area contributed by atoms with Gasteiger partial charge in [0.2, 0.25) is 5.91 Å². The normalized spacial score (nSPS) is 12.3. The van der Waals surface area contributed by atoms with E-state index in [4.69, 9.17) is 0 Å². The molecule has 2 aromatic rings. The summed E-state index contributed by atoms with van der Waals surface area (Å²) in [4.78, 5) is 11.7. The molecule has 0 aromatic carbocycles. The number of H-pyrrole nitrogens is 1.